The van der Waals surface area contributed by atoms with Gasteiger partial charge in [0.2, 0.25) is 0 Å². The molecule has 3 amide bonds. The van der Waals surface area contributed by atoms with Crippen LogP contribution in [0.2, 0.25) is 5.02 Å². The number of piperazine rings is 1. The first-order chi connectivity index (χ1) is 14.4. The molecule has 3 rings (SSSR count). The molecule has 7 nitrogen and oxygen atoms in total. The number of halogens is 1. The maximum absolute atomic E-state index is 12.8. The van der Waals surface area contributed by atoms with Gasteiger partial charge in [-0.05, 0) is 50.6 Å². The van der Waals surface area contributed by atoms with Gasteiger partial charge in [-0.25, -0.2) is 9.78 Å². The van der Waals surface area contributed by atoms with Crippen LogP contribution in [0.5, 0.6) is 0 Å². The molecule has 1 aromatic heterocycles. The number of nitrogens with one attached hydrogen (secondary N) is 1. The summed E-state index contributed by atoms with van der Waals surface area (Å²) >= 11 is 6.12. The molecule has 1 aliphatic rings. The molecule has 1 N–H and O–H groups in total. The topological polar surface area (TPSA) is 68.8 Å². The van der Waals surface area contributed by atoms with Crippen LogP contribution >= 0.6 is 11.6 Å². The van der Waals surface area contributed by atoms with E-state index in [4.69, 9.17) is 11.6 Å². The molecule has 0 bridgehead atoms. The van der Waals surface area contributed by atoms with Crippen LogP contribution in [0.3, 0.4) is 0 Å². The van der Waals surface area contributed by atoms with E-state index in [0.717, 1.165) is 24.5 Å². The van der Waals surface area contributed by atoms with Gasteiger partial charge in [0.1, 0.15) is 5.82 Å². The van der Waals surface area contributed by atoms with Crippen LogP contribution in [0.25, 0.3) is 0 Å². The van der Waals surface area contributed by atoms with Gasteiger partial charge in [-0.1, -0.05) is 17.7 Å². The minimum atomic E-state index is -0.188. The molecule has 1 aliphatic heterocycles. The van der Waals surface area contributed by atoms with Crippen molar-refractivity contribution in [3.8, 4) is 0 Å². The van der Waals surface area contributed by atoms with Crippen molar-refractivity contribution in [2.45, 2.75) is 20.8 Å². The van der Waals surface area contributed by atoms with Crippen molar-refractivity contribution in [1.29, 1.82) is 0 Å². The molecule has 0 atom stereocenters. The summed E-state index contributed by atoms with van der Waals surface area (Å²) in [5.41, 5.74) is 2.19. The fourth-order valence-corrected chi connectivity index (χ4v) is 3.60. The van der Waals surface area contributed by atoms with E-state index >= 15 is 0 Å². The van der Waals surface area contributed by atoms with Crippen molar-refractivity contribution in [3.63, 3.8) is 0 Å². The van der Waals surface area contributed by atoms with Gasteiger partial charge in [0.25, 0.3) is 5.91 Å². The van der Waals surface area contributed by atoms with Crippen molar-refractivity contribution < 1.29 is 9.59 Å². The average Bonchev–Trinajstić information content (AvgIpc) is 2.77. The summed E-state index contributed by atoms with van der Waals surface area (Å²) in [5.74, 6) is 0.813. The Morgan fingerprint density at radius 2 is 1.73 bits per heavy atom. The summed E-state index contributed by atoms with van der Waals surface area (Å²) < 4.78 is 0. The summed E-state index contributed by atoms with van der Waals surface area (Å²) in [5, 5.41) is 3.48. The fraction of sp³-hybridized carbons (Fsp3) is 0.409. The number of pyridine rings is 1. The van der Waals surface area contributed by atoms with E-state index in [-0.39, 0.29) is 11.9 Å². The molecule has 1 saturated heterocycles. The quantitative estimate of drug-likeness (QED) is 0.783. The predicted octanol–water partition coefficient (Wildman–Crippen LogP) is 3.88. The maximum atomic E-state index is 12.8. The van der Waals surface area contributed by atoms with Crippen LogP contribution in [0.15, 0.2) is 36.5 Å². The highest BCUT2D eigenvalue weighted by molar-refractivity contribution is 6.31. The lowest BCUT2D eigenvalue weighted by atomic mass is 10.2. The number of hydrogen-bond acceptors (Lipinski definition) is 4. The Morgan fingerprint density at radius 1 is 1.07 bits per heavy atom. The maximum Gasteiger partial charge on any atom is 0.321 e. The molecular formula is C22H28ClN5O2. The molecule has 2 aromatic rings. The molecule has 2 heterocycles. The highest BCUT2D eigenvalue weighted by Gasteiger charge is 2.25. The van der Waals surface area contributed by atoms with Gasteiger partial charge in [0, 0.05) is 56.2 Å². The Hall–Kier alpha value is -2.80. The average molecular weight is 430 g/mol. The van der Waals surface area contributed by atoms with Crippen molar-refractivity contribution in [2.75, 3.05) is 49.5 Å². The number of nitrogens with zero attached hydrogens (tertiary/aromatic N) is 4. The number of aromatic nitrogens is 1. The molecule has 160 valence electrons. The standard InChI is InChI=1S/C22H28ClN5O2/c1-4-26(5-2)20-9-7-17(15-24-20)21(29)27-10-12-28(13-11-27)22(30)25-18-8-6-16(3)19(23)14-18/h6-9,14-15H,4-5,10-13H2,1-3H3,(H,25,30). The molecule has 8 heteroatoms. The highest BCUT2D eigenvalue weighted by Crippen LogP contribution is 2.20. The monoisotopic (exact) mass is 429 g/mol. The lowest BCUT2D eigenvalue weighted by Gasteiger charge is -2.34. The number of aryl methyl sites for hydroxylation is 1. The zero-order valence-electron chi connectivity index (χ0n) is 17.7. The Balaban J connectivity index is 1.54. The molecule has 30 heavy (non-hydrogen) atoms. The lowest BCUT2D eigenvalue weighted by Crippen LogP contribution is -2.51. The summed E-state index contributed by atoms with van der Waals surface area (Å²) in [4.78, 5) is 35.4. The SMILES string of the molecule is CCN(CC)c1ccc(C(=O)N2CCN(C(=O)Nc3ccc(C)c(Cl)c3)CC2)cn1. The summed E-state index contributed by atoms with van der Waals surface area (Å²) in [6.07, 6.45) is 1.64. The van der Waals surface area contributed by atoms with Crippen molar-refractivity contribution in [1.82, 2.24) is 14.8 Å². The second-order valence-corrected chi connectivity index (χ2v) is 7.66. The van der Waals surface area contributed by atoms with E-state index in [1.54, 1.807) is 22.1 Å². The normalized spacial score (nSPS) is 13.9. The highest BCUT2D eigenvalue weighted by atomic mass is 35.5. The smallest absolute Gasteiger partial charge is 0.321 e. The minimum absolute atomic E-state index is 0.0565. The number of anilines is 2. The third kappa shape index (κ3) is 5.02. The molecule has 0 aliphatic carbocycles. The molecule has 0 unspecified atom stereocenters. The van der Waals surface area contributed by atoms with Crippen molar-refractivity contribution in [3.05, 3.63) is 52.7 Å². The Kier molecular flexibility index (Phi) is 7.15. The first kappa shape index (κ1) is 21.9. The number of carbonyl (C=O) groups excluding carboxylic acids is 2. The number of urea groups is 1. The largest absolute Gasteiger partial charge is 0.357 e. The zero-order chi connectivity index (χ0) is 21.7. The van der Waals surface area contributed by atoms with E-state index in [0.29, 0.717) is 42.5 Å². The van der Waals surface area contributed by atoms with Gasteiger partial charge < -0.3 is 20.0 Å². The third-order valence-electron chi connectivity index (χ3n) is 5.36. The first-order valence-corrected chi connectivity index (χ1v) is 10.6. The Bertz CT molecular complexity index is 891. The van der Waals surface area contributed by atoms with Crippen LogP contribution in [0.4, 0.5) is 16.3 Å². The summed E-state index contributed by atoms with van der Waals surface area (Å²) in [7, 11) is 0. The molecule has 0 saturated carbocycles. The first-order valence-electron chi connectivity index (χ1n) is 10.2. The van der Waals surface area contributed by atoms with Gasteiger partial charge in [0.05, 0.1) is 5.56 Å². The number of benzene rings is 1. The summed E-state index contributed by atoms with van der Waals surface area (Å²) in [6.45, 7) is 9.73. The Morgan fingerprint density at radius 3 is 2.30 bits per heavy atom. The van der Waals surface area contributed by atoms with E-state index in [9.17, 15) is 9.59 Å². The molecule has 0 spiro atoms. The number of hydrogen-bond donors (Lipinski definition) is 1. The van der Waals surface area contributed by atoms with E-state index in [2.05, 4.69) is 29.0 Å². The van der Waals surface area contributed by atoms with Gasteiger partial charge in [-0.3, -0.25) is 4.79 Å². The van der Waals surface area contributed by atoms with E-state index < -0.39 is 0 Å². The molecule has 0 radical (unpaired) electrons. The Labute approximate surface area is 182 Å². The summed E-state index contributed by atoms with van der Waals surface area (Å²) in [6, 6.07) is 8.96. The van der Waals surface area contributed by atoms with Crippen LogP contribution in [-0.2, 0) is 0 Å². The number of rotatable bonds is 5. The van der Waals surface area contributed by atoms with Crippen LogP contribution < -0.4 is 10.2 Å². The third-order valence-corrected chi connectivity index (χ3v) is 5.77. The van der Waals surface area contributed by atoms with Gasteiger partial charge in [-0.15, -0.1) is 0 Å². The predicted molar refractivity (Wildman–Crippen MR) is 120 cm³/mol. The second kappa shape index (κ2) is 9.80. The van der Waals surface area contributed by atoms with Gasteiger partial charge >= 0.3 is 6.03 Å². The van der Waals surface area contributed by atoms with Crippen molar-refractivity contribution in [2.24, 2.45) is 0 Å². The van der Waals surface area contributed by atoms with Crippen LogP contribution in [-0.4, -0.2) is 66.0 Å². The van der Waals surface area contributed by atoms with Crippen LogP contribution in [0, 0.1) is 6.92 Å². The van der Waals surface area contributed by atoms with Gasteiger partial charge in [0.15, 0.2) is 0 Å². The second-order valence-electron chi connectivity index (χ2n) is 7.25. The molecule has 1 aromatic carbocycles. The van der Waals surface area contributed by atoms with E-state index in [1.165, 1.54) is 0 Å². The number of carbonyl (C=O) groups is 2. The fourth-order valence-electron chi connectivity index (χ4n) is 3.42. The zero-order valence-corrected chi connectivity index (χ0v) is 18.4. The minimum Gasteiger partial charge on any atom is -0.357 e. The molecular weight excluding hydrogens is 402 g/mol. The van der Waals surface area contributed by atoms with Crippen LogP contribution in [0.1, 0.15) is 29.8 Å². The number of amides is 3. The van der Waals surface area contributed by atoms with Crippen molar-refractivity contribution >= 4 is 35.0 Å². The van der Waals surface area contributed by atoms with E-state index in [1.807, 2.05) is 31.2 Å². The van der Waals surface area contributed by atoms with Gasteiger partial charge in [-0.2, -0.15) is 0 Å². The molecule has 1 fully saturated rings. The lowest BCUT2D eigenvalue weighted by molar-refractivity contribution is 0.0671.